The predicted molar refractivity (Wildman–Crippen MR) is 221 cm³/mol. The van der Waals surface area contributed by atoms with Crippen LogP contribution in [0.25, 0.3) is 33.6 Å². The maximum Gasteiger partial charge on any atom is 0.407 e. The molecule has 314 valence electrons. The molecule has 5 heterocycles. The van der Waals surface area contributed by atoms with Crippen molar-refractivity contribution in [3.8, 4) is 33.6 Å². The minimum atomic E-state index is -0.733. The Balaban J connectivity index is 1.03. The van der Waals surface area contributed by atoms with E-state index in [0.717, 1.165) is 35.1 Å². The monoisotopic (exact) mass is 848 g/mol. The van der Waals surface area contributed by atoms with Crippen molar-refractivity contribution in [2.75, 3.05) is 40.5 Å². The van der Waals surface area contributed by atoms with Gasteiger partial charge in [0.25, 0.3) is 0 Å². The molecule has 4 amide bonds. The molecule has 0 bridgehead atoms. The van der Waals surface area contributed by atoms with Crippen molar-refractivity contribution in [3.05, 3.63) is 70.5 Å². The second-order valence-electron chi connectivity index (χ2n) is 15.5. The first-order valence-electron chi connectivity index (χ1n) is 20.1. The van der Waals surface area contributed by atoms with Gasteiger partial charge in [0.2, 0.25) is 11.8 Å². The normalized spacial score (nSPS) is 19.4. The number of alkyl carbamates (subject to hydrolysis) is 2. The number of nitrogens with zero attached hydrogens (tertiary/aromatic N) is 4. The summed E-state index contributed by atoms with van der Waals surface area (Å²) in [5, 5.41) is 6.22. The number of aromatic nitrogens is 4. The van der Waals surface area contributed by atoms with Gasteiger partial charge in [-0.1, -0.05) is 85.6 Å². The molecule has 15 nitrogen and oxygen atoms in total. The van der Waals surface area contributed by atoms with Gasteiger partial charge in [-0.2, -0.15) is 0 Å². The number of hydrogen-bond donors (Lipinski definition) is 4. The van der Waals surface area contributed by atoms with E-state index in [4.69, 9.17) is 47.4 Å². The molecule has 3 saturated heterocycles. The molecule has 7 rings (SSSR count). The minimum Gasteiger partial charge on any atom is -0.453 e. The van der Waals surface area contributed by atoms with Gasteiger partial charge in [0, 0.05) is 37.4 Å². The fourth-order valence-electron chi connectivity index (χ4n) is 8.38. The largest absolute Gasteiger partial charge is 0.453 e. The maximum absolute atomic E-state index is 14.0. The van der Waals surface area contributed by atoms with Crippen LogP contribution in [-0.2, 0) is 23.8 Å². The maximum atomic E-state index is 14.0. The number of hydrogen-bond acceptors (Lipinski definition) is 9. The summed E-state index contributed by atoms with van der Waals surface area (Å²) in [5.41, 5.74) is 4.76. The molecule has 0 radical (unpaired) electrons. The van der Waals surface area contributed by atoms with Crippen molar-refractivity contribution in [2.45, 2.75) is 76.5 Å². The Hall–Kier alpha value is -5.12. The number of halogens is 2. The lowest BCUT2D eigenvalue weighted by atomic mass is 9.90. The SMILES string of the molecule is COC(=O)NC(C(=O)N1CCC[C@H]1c1nc(-c2ccc(-c3ccc(-c4nc([C@@H]5CCCN5C(=O)[C@@H](NC(=O)OC)C5CCOCC5)[nH]c4Cl)cc3)cc2)c(Cl)[nH]1)C(C)C. The summed E-state index contributed by atoms with van der Waals surface area (Å²) < 4.78 is 15.1. The fraction of sp³-hybridized carbons (Fsp3) is 0.476. The van der Waals surface area contributed by atoms with Gasteiger partial charge in [-0.3, -0.25) is 9.59 Å². The molecule has 17 heteroatoms. The van der Waals surface area contributed by atoms with Crippen molar-refractivity contribution in [1.82, 2.24) is 40.4 Å². The molecule has 3 fully saturated rings. The van der Waals surface area contributed by atoms with Crippen LogP contribution < -0.4 is 10.6 Å². The molecule has 4 atom stereocenters. The summed E-state index contributed by atoms with van der Waals surface area (Å²) >= 11 is 13.5. The third-order valence-electron chi connectivity index (χ3n) is 11.6. The smallest absolute Gasteiger partial charge is 0.407 e. The Labute approximate surface area is 352 Å². The third-order valence-corrected chi connectivity index (χ3v) is 12.1. The molecule has 2 aromatic heterocycles. The van der Waals surface area contributed by atoms with Crippen LogP contribution in [0.1, 0.15) is 76.1 Å². The highest BCUT2D eigenvalue weighted by atomic mass is 35.5. The zero-order valence-electron chi connectivity index (χ0n) is 33.6. The Bertz CT molecular complexity index is 2130. The van der Waals surface area contributed by atoms with E-state index in [1.807, 2.05) is 62.4 Å². The van der Waals surface area contributed by atoms with E-state index in [2.05, 4.69) is 20.6 Å². The lowest BCUT2D eigenvalue weighted by Gasteiger charge is -2.34. The molecular weight excluding hydrogens is 799 g/mol. The quantitative estimate of drug-likeness (QED) is 0.120. The topological polar surface area (TPSA) is 184 Å². The molecule has 1 unspecified atom stereocenters. The van der Waals surface area contributed by atoms with E-state index in [-0.39, 0.29) is 35.7 Å². The number of imidazole rings is 2. The fourth-order valence-corrected chi connectivity index (χ4v) is 8.88. The summed E-state index contributed by atoms with van der Waals surface area (Å²) in [5.74, 6) is 0.637. The number of ether oxygens (including phenoxy) is 3. The molecule has 2 aromatic carbocycles. The Morgan fingerprint density at radius 3 is 1.59 bits per heavy atom. The van der Waals surface area contributed by atoms with Crippen LogP contribution >= 0.6 is 23.2 Å². The average Bonchev–Trinajstić information content (AvgIpc) is 4.08. The molecule has 3 aliphatic rings. The van der Waals surface area contributed by atoms with Crippen molar-refractivity contribution in [3.63, 3.8) is 0 Å². The zero-order chi connectivity index (χ0) is 41.8. The van der Waals surface area contributed by atoms with Crippen LogP contribution in [0.2, 0.25) is 10.3 Å². The van der Waals surface area contributed by atoms with E-state index in [0.29, 0.717) is 85.3 Å². The molecule has 0 spiro atoms. The van der Waals surface area contributed by atoms with Crippen molar-refractivity contribution in [1.29, 1.82) is 0 Å². The molecule has 4 aromatic rings. The van der Waals surface area contributed by atoms with Gasteiger partial charge in [-0.15, -0.1) is 0 Å². The molecule has 4 N–H and O–H groups in total. The third kappa shape index (κ3) is 9.07. The second kappa shape index (κ2) is 18.4. The van der Waals surface area contributed by atoms with Crippen LogP contribution in [0.15, 0.2) is 48.5 Å². The van der Waals surface area contributed by atoms with E-state index in [9.17, 15) is 19.2 Å². The highest BCUT2D eigenvalue weighted by Crippen LogP contribution is 2.38. The summed E-state index contributed by atoms with van der Waals surface area (Å²) in [4.78, 5) is 71.6. The lowest BCUT2D eigenvalue weighted by Crippen LogP contribution is -2.53. The van der Waals surface area contributed by atoms with E-state index >= 15 is 0 Å². The van der Waals surface area contributed by atoms with Gasteiger partial charge in [0.15, 0.2) is 0 Å². The van der Waals surface area contributed by atoms with Crippen LogP contribution in [0.3, 0.4) is 0 Å². The predicted octanol–water partition coefficient (Wildman–Crippen LogP) is 7.30. The molecule has 0 saturated carbocycles. The minimum absolute atomic E-state index is 0.0625. The summed E-state index contributed by atoms with van der Waals surface area (Å²) in [6.07, 6.45) is 3.05. The first-order valence-corrected chi connectivity index (χ1v) is 20.8. The summed E-state index contributed by atoms with van der Waals surface area (Å²) in [6.45, 7) is 5.91. The first kappa shape index (κ1) is 42.0. The lowest BCUT2D eigenvalue weighted by molar-refractivity contribution is -0.137. The molecular formula is C42H50Cl2N8O7. The van der Waals surface area contributed by atoms with Gasteiger partial charge in [0.1, 0.15) is 45.4 Å². The Morgan fingerprint density at radius 1 is 0.695 bits per heavy atom. The van der Waals surface area contributed by atoms with Gasteiger partial charge >= 0.3 is 12.2 Å². The number of nitrogens with one attached hydrogen (secondary N) is 4. The van der Waals surface area contributed by atoms with Gasteiger partial charge in [-0.25, -0.2) is 19.6 Å². The highest BCUT2D eigenvalue weighted by Gasteiger charge is 2.41. The number of methoxy groups -OCH3 is 2. The Morgan fingerprint density at radius 2 is 1.14 bits per heavy atom. The van der Waals surface area contributed by atoms with E-state index < -0.39 is 24.3 Å². The van der Waals surface area contributed by atoms with Crippen LogP contribution in [0.4, 0.5) is 9.59 Å². The van der Waals surface area contributed by atoms with E-state index in [1.54, 1.807) is 9.80 Å². The number of likely N-dealkylation sites (tertiary alicyclic amines) is 2. The van der Waals surface area contributed by atoms with Crippen molar-refractivity contribution >= 4 is 47.2 Å². The number of rotatable bonds is 11. The Kier molecular flexibility index (Phi) is 13.1. The standard InChI is InChI=1S/C42H50Cl2N8O7/c1-23(2)31(47-41(55)57-3)39(53)51-19-5-7-29(51)37-45-32(35(43)49-37)26-13-9-24(10-14-26)25-11-15-27(16-12-25)33-36(44)50-38(46-33)30-8-6-20-52(30)40(54)34(48-42(56)58-4)28-17-21-59-22-18-28/h9-16,23,28-31,34H,5-8,17-22H2,1-4H3,(H,45,49)(H,46,50)(H,47,55)(H,48,56)/t29-,30-,31?,34-/m0/s1. The molecule has 59 heavy (non-hydrogen) atoms. The van der Waals surface area contributed by atoms with E-state index in [1.165, 1.54) is 14.2 Å². The van der Waals surface area contributed by atoms with Crippen LogP contribution in [0, 0.1) is 11.8 Å². The van der Waals surface area contributed by atoms with Crippen molar-refractivity contribution < 1.29 is 33.4 Å². The highest BCUT2D eigenvalue weighted by molar-refractivity contribution is 6.32. The summed E-state index contributed by atoms with van der Waals surface area (Å²) in [6, 6.07) is 13.8. The van der Waals surface area contributed by atoms with Gasteiger partial charge in [-0.05, 0) is 61.5 Å². The number of carbonyl (C=O) groups excluding carboxylic acids is 4. The number of aromatic amines is 2. The van der Waals surface area contributed by atoms with Gasteiger partial charge in [0.05, 0.1) is 26.3 Å². The van der Waals surface area contributed by atoms with Crippen molar-refractivity contribution in [2.24, 2.45) is 11.8 Å². The van der Waals surface area contributed by atoms with Gasteiger partial charge < -0.3 is 44.6 Å². The van der Waals surface area contributed by atoms with Crippen LogP contribution in [0.5, 0.6) is 0 Å². The number of H-pyrrole nitrogens is 2. The second-order valence-corrected chi connectivity index (χ2v) is 16.3. The zero-order valence-corrected chi connectivity index (χ0v) is 35.1. The molecule has 0 aliphatic carbocycles. The van der Waals surface area contributed by atoms with Crippen LogP contribution in [-0.4, -0.2) is 106 Å². The summed E-state index contributed by atoms with van der Waals surface area (Å²) in [7, 11) is 2.56. The number of carbonyl (C=O) groups is 4. The number of benzene rings is 2. The molecule has 3 aliphatic heterocycles. The average molecular weight is 850 g/mol. The number of amides is 4. The first-order chi connectivity index (χ1) is 28.5.